The molecule has 4 heteroatoms. The maximum Gasteiger partial charge on any atom is 0.375 e. The third-order valence-corrected chi connectivity index (χ3v) is 2.40. The average Bonchev–Trinajstić information content (AvgIpc) is 2.00. The first-order valence-corrected chi connectivity index (χ1v) is 4.87. The second kappa shape index (κ2) is 4.88. The summed E-state index contributed by atoms with van der Waals surface area (Å²) >= 11 is 0. The van der Waals surface area contributed by atoms with Gasteiger partial charge in [-0.15, -0.1) is 0 Å². The molecular formula is C10H14O4. The van der Waals surface area contributed by atoms with E-state index >= 15 is 0 Å². The molecule has 1 aliphatic rings. The lowest BCUT2D eigenvalue weighted by Crippen LogP contribution is -2.27. The zero-order valence-electron chi connectivity index (χ0n) is 8.25. The standard InChI is InChI=1S/C10H14O4/c1-2-14-10(13)9(12)6-8(11)7-4-3-5-7/h7H,2-6H2,1H3. The molecule has 1 rings (SSSR count). The van der Waals surface area contributed by atoms with Crippen molar-refractivity contribution in [3.63, 3.8) is 0 Å². The summed E-state index contributed by atoms with van der Waals surface area (Å²) in [6.45, 7) is 1.79. The van der Waals surface area contributed by atoms with E-state index in [0.717, 1.165) is 19.3 Å². The fraction of sp³-hybridized carbons (Fsp3) is 0.700. The third-order valence-electron chi connectivity index (χ3n) is 2.40. The monoisotopic (exact) mass is 198 g/mol. The van der Waals surface area contributed by atoms with E-state index in [1.54, 1.807) is 6.92 Å². The first-order chi connectivity index (χ1) is 6.65. The summed E-state index contributed by atoms with van der Waals surface area (Å²) in [4.78, 5) is 33.3. The molecule has 0 atom stereocenters. The Labute approximate surface area is 82.6 Å². The number of carbonyl (C=O) groups excluding carboxylic acids is 3. The van der Waals surface area contributed by atoms with E-state index in [-0.39, 0.29) is 24.7 Å². The molecule has 14 heavy (non-hydrogen) atoms. The molecule has 0 saturated heterocycles. The van der Waals surface area contributed by atoms with Gasteiger partial charge in [0.1, 0.15) is 5.78 Å². The molecule has 4 nitrogen and oxygen atoms in total. The molecule has 0 heterocycles. The molecule has 0 aliphatic heterocycles. The van der Waals surface area contributed by atoms with Crippen molar-refractivity contribution >= 4 is 17.5 Å². The van der Waals surface area contributed by atoms with Gasteiger partial charge < -0.3 is 4.74 Å². The van der Waals surface area contributed by atoms with Gasteiger partial charge in [0, 0.05) is 5.92 Å². The van der Waals surface area contributed by atoms with Crippen LogP contribution in [0.15, 0.2) is 0 Å². The highest BCUT2D eigenvalue weighted by atomic mass is 16.5. The molecule has 1 saturated carbocycles. The number of rotatable bonds is 5. The number of esters is 1. The van der Waals surface area contributed by atoms with Gasteiger partial charge in [-0.05, 0) is 19.8 Å². The number of hydrogen-bond acceptors (Lipinski definition) is 4. The fourth-order valence-electron chi connectivity index (χ4n) is 1.32. The van der Waals surface area contributed by atoms with Crippen LogP contribution in [0.25, 0.3) is 0 Å². The summed E-state index contributed by atoms with van der Waals surface area (Å²) in [6.07, 6.45) is 2.47. The Bertz CT molecular complexity index is 253. The van der Waals surface area contributed by atoms with E-state index in [0.29, 0.717) is 0 Å². The van der Waals surface area contributed by atoms with E-state index in [2.05, 4.69) is 4.74 Å². The van der Waals surface area contributed by atoms with Crippen LogP contribution in [0.5, 0.6) is 0 Å². The first-order valence-electron chi connectivity index (χ1n) is 4.87. The number of carbonyl (C=O) groups is 3. The highest BCUT2D eigenvalue weighted by molar-refractivity contribution is 6.37. The molecule has 0 amide bonds. The molecule has 0 spiro atoms. The number of Topliss-reactive ketones (excluding diaryl/α,β-unsaturated/α-hetero) is 2. The third kappa shape index (κ3) is 2.65. The number of ether oxygens (including phenoxy) is 1. The van der Waals surface area contributed by atoms with Crippen LogP contribution in [-0.2, 0) is 19.1 Å². The van der Waals surface area contributed by atoms with Crippen LogP contribution in [0.4, 0.5) is 0 Å². The van der Waals surface area contributed by atoms with Crippen LogP contribution in [0.2, 0.25) is 0 Å². The lowest BCUT2D eigenvalue weighted by molar-refractivity contribution is -0.154. The van der Waals surface area contributed by atoms with Gasteiger partial charge in [0.15, 0.2) is 0 Å². The van der Waals surface area contributed by atoms with Gasteiger partial charge in [0.25, 0.3) is 0 Å². The van der Waals surface area contributed by atoms with Crippen LogP contribution in [-0.4, -0.2) is 24.1 Å². The maximum atomic E-state index is 11.3. The molecule has 0 N–H and O–H groups in total. The molecule has 0 aromatic carbocycles. The van der Waals surface area contributed by atoms with Gasteiger partial charge in [-0.25, -0.2) is 4.79 Å². The van der Waals surface area contributed by atoms with Crippen molar-refractivity contribution in [2.75, 3.05) is 6.61 Å². The molecular weight excluding hydrogens is 184 g/mol. The quantitative estimate of drug-likeness (QED) is 0.374. The molecule has 0 aromatic rings. The van der Waals surface area contributed by atoms with Crippen molar-refractivity contribution in [3.05, 3.63) is 0 Å². The van der Waals surface area contributed by atoms with Gasteiger partial charge in [-0.3, -0.25) is 9.59 Å². The predicted molar refractivity (Wildman–Crippen MR) is 48.6 cm³/mol. The van der Waals surface area contributed by atoms with E-state index in [9.17, 15) is 14.4 Å². The van der Waals surface area contributed by atoms with Crippen molar-refractivity contribution in [1.29, 1.82) is 0 Å². The SMILES string of the molecule is CCOC(=O)C(=O)CC(=O)C1CCC1. The summed E-state index contributed by atoms with van der Waals surface area (Å²) in [5.74, 6) is -1.72. The molecule has 78 valence electrons. The van der Waals surface area contributed by atoms with E-state index in [1.165, 1.54) is 0 Å². The van der Waals surface area contributed by atoms with Crippen molar-refractivity contribution in [3.8, 4) is 0 Å². The molecule has 1 fully saturated rings. The highest BCUT2D eigenvalue weighted by Gasteiger charge is 2.28. The van der Waals surface area contributed by atoms with Gasteiger partial charge >= 0.3 is 5.97 Å². The number of hydrogen-bond donors (Lipinski definition) is 0. The van der Waals surface area contributed by atoms with E-state index in [1.807, 2.05) is 0 Å². The van der Waals surface area contributed by atoms with Crippen LogP contribution < -0.4 is 0 Å². The molecule has 1 aliphatic carbocycles. The van der Waals surface area contributed by atoms with Crippen LogP contribution >= 0.6 is 0 Å². The Morgan fingerprint density at radius 3 is 2.36 bits per heavy atom. The minimum atomic E-state index is -0.889. The lowest BCUT2D eigenvalue weighted by atomic mass is 9.81. The highest BCUT2D eigenvalue weighted by Crippen LogP contribution is 2.28. The Morgan fingerprint density at radius 1 is 1.29 bits per heavy atom. The lowest BCUT2D eigenvalue weighted by Gasteiger charge is -2.23. The average molecular weight is 198 g/mol. The summed E-state index contributed by atoms with van der Waals surface area (Å²) in [7, 11) is 0. The maximum absolute atomic E-state index is 11.3. The van der Waals surface area contributed by atoms with Gasteiger partial charge in [0.2, 0.25) is 5.78 Å². The Kier molecular flexibility index (Phi) is 3.80. The van der Waals surface area contributed by atoms with Crippen molar-refractivity contribution < 1.29 is 19.1 Å². The summed E-state index contributed by atoms with van der Waals surface area (Å²) in [5.41, 5.74) is 0. The van der Waals surface area contributed by atoms with Gasteiger partial charge in [0.05, 0.1) is 13.0 Å². The largest absolute Gasteiger partial charge is 0.460 e. The first kappa shape index (κ1) is 10.9. The second-order valence-corrected chi connectivity index (χ2v) is 3.41. The number of ketones is 2. The van der Waals surface area contributed by atoms with Crippen molar-refractivity contribution in [2.45, 2.75) is 32.6 Å². The molecule has 0 radical (unpaired) electrons. The van der Waals surface area contributed by atoms with Crippen LogP contribution in [0.3, 0.4) is 0 Å². The van der Waals surface area contributed by atoms with Crippen LogP contribution in [0, 0.1) is 5.92 Å². The van der Waals surface area contributed by atoms with Crippen molar-refractivity contribution in [2.24, 2.45) is 5.92 Å². The minimum Gasteiger partial charge on any atom is -0.460 e. The molecule has 0 aromatic heterocycles. The summed E-state index contributed by atoms with van der Waals surface area (Å²) < 4.78 is 4.50. The van der Waals surface area contributed by atoms with Crippen molar-refractivity contribution in [1.82, 2.24) is 0 Å². The Hall–Kier alpha value is -1.19. The normalized spacial score (nSPS) is 15.8. The van der Waals surface area contributed by atoms with Gasteiger partial charge in [-0.2, -0.15) is 0 Å². The molecule has 0 bridgehead atoms. The zero-order chi connectivity index (χ0) is 10.6. The zero-order valence-corrected chi connectivity index (χ0v) is 8.25. The van der Waals surface area contributed by atoms with Crippen LogP contribution in [0.1, 0.15) is 32.6 Å². The topological polar surface area (TPSA) is 60.4 Å². The smallest absolute Gasteiger partial charge is 0.375 e. The van der Waals surface area contributed by atoms with E-state index in [4.69, 9.17) is 0 Å². The fourth-order valence-corrected chi connectivity index (χ4v) is 1.32. The second-order valence-electron chi connectivity index (χ2n) is 3.41. The minimum absolute atomic E-state index is 0.00776. The summed E-state index contributed by atoms with van der Waals surface area (Å²) in [5, 5.41) is 0. The molecule has 0 unspecified atom stereocenters. The van der Waals surface area contributed by atoms with Gasteiger partial charge in [-0.1, -0.05) is 6.42 Å². The summed E-state index contributed by atoms with van der Waals surface area (Å²) in [6, 6.07) is 0. The Balaban J connectivity index is 2.31. The predicted octanol–water partition coefficient (Wildman–Crippen LogP) is 0.878. The Morgan fingerprint density at radius 2 is 1.93 bits per heavy atom. The van der Waals surface area contributed by atoms with E-state index < -0.39 is 11.8 Å².